The van der Waals surface area contributed by atoms with Gasteiger partial charge in [0.1, 0.15) is 0 Å². The van der Waals surface area contributed by atoms with Crippen LogP contribution in [0.3, 0.4) is 0 Å². The van der Waals surface area contributed by atoms with E-state index in [1.807, 2.05) is 31.2 Å². The van der Waals surface area contributed by atoms with Crippen LogP contribution in [0.25, 0.3) is 0 Å². The number of halogens is 1. The summed E-state index contributed by atoms with van der Waals surface area (Å²) in [4.78, 5) is 0. The van der Waals surface area contributed by atoms with Gasteiger partial charge in [0.05, 0.1) is 12.2 Å². The van der Waals surface area contributed by atoms with Crippen LogP contribution in [0, 0.1) is 0 Å². The van der Waals surface area contributed by atoms with Crippen molar-refractivity contribution in [3.05, 3.63) is 34.9 Å². The normalized spacial score (nSPS) is 14.6. The summed E-state index contributed by atoms with van der Waals surface area (Å²) >= 11 is 5.91. The van der Waals surface area contributed by atoms with Gasteiger partial charge < -0.3 is 15.2 Å². The van der Waals surface area contributed by atoms with Crippen LogP contribution < -0.4 is 5.32 Å². The standard InChI is InChI=1S/C13H20ClNO2/c1-13(16,10-15-6-7-17-2)9-11-4-3-5-12(14)8-11/h3-5,8,15-16H,6-7,9-10H2,1-2H3. The highest BCUT2D eigenvalue weighted by Gasteiger charge is 2.20. The minimum absolute atomic E-state index is 0.531. The quantitative estimate of drug-likeness (QED) is 0.733. The lowest BCUT2D eigenvalue weighted by atomic mass is 9.96. The van der Waals surface area contributed by atoms with Gasteiger partial charge in [0.2, 0.25) is 0 Å². The molecule has 0 bridgehead atoms. The van der Waals surface area contributed by atoms with Gasteiger partial charge in [-0.3, -0.25) is 0 Å². The van der Waals surface area contributed by atoms with Crippen LogP contribution in [0.2, 0.25) is 5.02 Å². The summed E-state index contributed by atoms with van der Waals surface area (Å²) in [6, 6.07) is 7.57. The van der Waals surface area contributed by atoms with E-state index in [2.05, 4.69) is 5.32 Å². The van der Waals surface area contributed by atoms with Crippen molar-refractivity contribution in [1.82, 2.24) is 5.32 Å². The highest BCUT2D eigenvalue weighted by molar-refractivity contribution is 6.30. The van der Waals surface area contributed by atoms with Gasteiger partial charge in [0.25, 0.3) is 0 Å². The van der Waals surface area contributed by atoms with Crippen LogP contribution in [0.4, 0.5) is 0 Å². The lowest BCUT2D eigenvalue weighted by molar-refractivity contribution is 0.0581. The maximum absolute atomic E-state index is 10.2. The average Bonchev–Trinajstić information content (AvgIpc) is 2.24. The van der Waals surface area contributed by atoms with E-state index in [0.717, 1.165) is 12.1 Å². The van der Waals surface area contributed by atoms with Gasteiger partial charge in [-0.25, -0.2) is 0 Å². The van der Waals surface area contributed by atoms with Crippen LogP contribution >= 0.6 is 11.6 Å². The highest BCUT2D eigenvalue weighted by Crippen LogP contribution is 2.16. The first-order valence-electron chi connectivity index (χ1n) is 5.70. The number of benzene rings is 1. The fraction of sp³-hybridized carbons (Fsp3) is 0.538. The van der Waals surface area contributed by atoms with Crippen molar-refractivity contribution in [1.29, 1.82) is 0 Å². The Labute approximate surface area is 108 Å². The largest absolute Gasteiger partial charge is 0.389 e. The SMILES string of the molecule is COCCNCC(C)(O)Cc1cccc(Cl)c1. The van der Waals surface area contributed by atoms with E-state index >= 15 is 0 Å². The summed E-state index contributed by atoms with van der Waals surface area (Å²) in [5.74, 6) is 0. The molecule has 0 saturated carbocycles. The Morgan fingerprint density at radius 2 is 2.24 bits per heavy atom. The molecule has 0 heterocycles. The number of ether oxygens (including phenoxy) is 1. The predicted molar refractivity (Wildman–Crippen MR) is 70.5 cm³/mol. The van der Waals surface area contributed by atoms with Gasteiger partial charge in [-0.05, 0) is 24.6 Å². The molecular formula is C13H20ClNO2. The van der Waals surface area contributed by atoms with Crippen LogP contribution in [-0.4, -0.2) is 37.5 Å². The zero-order valence-electron chi connectivity index (χ0n) is 10.4. The Hall–Kier alpha value is -0.610. The highest BCUT2D eigenvalue weighted by atomic mass is 35.5. The molecule has 1 aromatic carbocycles. The van der Waals surface area contributed by atoms with Crippen LogP contribution in [0.5, 0.6) is 0 Å². The number of aliphatic hydroxyl groups is 1. The van der Waals surface area contributed by atoms with Crippen molar-refractivity contribution in [2.45, 2.75) is 18.9 Å². The van der Waals surface area contributed by atoms with Crippen molar-refractivity contribution in [2.75, 3.05) is 26.8 Å². The monoisotopic (exact) mass is 257 g/mol. The van der Waals surface area contributed by atoms with Crippen LogP contribution in [-0.2, 0) is 11.2 Å². The van der Waals surface area contributed by atoms with Crippen molar-refractivity contribution >= 4 is 11.6 Å². The molecule has 1 aromatic rings. The minimum atomic E-state index is -0.779. The predicted octanol–water partition coefficient (Wildman–Crippen LogP) is 1.87. The second kappa shape index (κ2) is 6.97. The van der Waals surface area contributed by atoms with E-state index in [0.29, 0.717) is 24.6 Å². The Balaban J connectivity index is 2.42. The number of hydrogen-bond acceptors (Lipinski definition) is 3. The smallest absolute Gasteiger partial charge is 0.0783 e. The van der Waals surface area contributed by atoms with Gasteiger partial charge in [-0.15, -0.1) is 0 Å². The lowest BCUT2D eigenvalue weighted by Crippen LogP contribution is -2.40. The van der Waals surface area contributed by atoms with Crippen LogP contribution in [0.15, 0.2) is 24.3 Å². The summed E-state index contributed by atoms with van der Waals surface area (Å²) in [6.45, 7) is 3.73. The summed E-state index contributed by atoms with van der Waals surface area (Å²) in [5, 5.41) is 14.1. The molecule has 0 aliphatic heterocycles. The number of hydrogen-bond donors (Lipinski definition) is 2. The maximum atomic E-state index is 10.2. The zero-order valence-corrected chi connectivity index (χ0v) is 11.1. The van der Waals surface area contributed by atoms with E-state index < -0.39 is 5.60 Å². The Morgan fingerprint density at radius 1 is 1.47 bits per heavy atom. The van der Waals surface area contributed by atoms with Crippen molar-refractivity contribution in [3.8, 4) is 0 Å². The average molecular weight is 258 g/mol. The molecule has 0 radical (unpaired) electrons. The van der Waals surface area contributed by atoms with Crippen molar-refractivity contribution in [2.24, 2.45) is 0 Å². The topological polar surface area (TPSA) is 41.5 Å². The Kier molecular flexibility index (Phi) is 5.92. The molecule has 0 aromatic heterocycles. The van der Waals surface area contributed by atoms with Gasteiger partial charge in [-0.1, -0.05) is 23.7 Å². The van der Waals surface area contributed by atoms with Gasteiger partial charge in [-0.2, -0.15) is 0 Å². The summed E-state index contributed by atoms with van der Waals surface area (Å²) < 4.78 is 4.93. The van der Waals surface area contributed by atoms with Crippen molar-refractivity contribution < 1.29 is 9.84 Å². The first-order chi connectivity index (χ1) is 8.03. The molecule has 0 aliphatic carbocycles. The third-order valence-electron chi connectivity index (χ3n) is 2.46. The van der Waals surface area contributed by atoms with Crippen LogP contribution in [0.1, 0.15) is 12.5 Å². The molecule has 3 nitrogen and oxygen atoms in total. The minimum Gasteiger partial charge on any atom is -0.389 e. The third kappa shape index (κ3) is 6.03. The fourth-order valence-corrected chi connectivity index (χ4v) is 1.89. The summed E-state index contributed by atoms with van der Waals surface area (Å²) in [5.41, 5.74) is 0.259. The first kappa shape index (κ1) is 14.5. The second-order valence-corrected chi connectivity index (χ2v) is 4.91. The fourth-order valence-electron chi connectivity index (χ4n) is 1.68. The first-order valence-corrected chi connectivity index (χ1v) is 6.08. The van der Waals surface area contributed by atoms with E-state index in [1.165, 1.54) is 0 Å². The summed E-state index contributed by atoms with van der Waals surface area (Å²) in [6.07, 6.45) is 0.577. The molecule has 1 atom stereocenters. The number of methoxy groups -OCH3 is 1. The number of rotatable bonds is 7. The molecule has 96 valence electrons. The maximum Gasteiger partial charge on any atom is 0.0783 e. The lowest BCUT2D eigenvalue weighted by Gasteiger charge is -2.24. The van der Waals surface area contributed by atoms with E-state index in [4.69, 9.17) is 16.3 Å². The second-order valence-electron chi connectivity index (χ2n) is 4.47. The van der Waals surface area contributed by atoms with Gasteiger partial charge in [0, 0.05) is 31.6 Å². The molecule has 1 rings (SSSR count). The molecule has 1 unspecified atom stereocenters. The molecule has 0 fully saturated rings. The molecule has 0 spiro atoms. The third-order valence-corrected chi connectivity index (χ3v) is 2.70. The molecule has 17 heavy (non-hydrogen) atoms. The summed E-state index contributed by atoms with van der Waals surface area (Å²) in [7, 11) is 1.66. The molecular weight excluding hydrogens is 238 g/mol. The molecule has 0 aliphatic rings. The zero-order chi connectivity index (χ0) is 12.7. The van der Waals surface area contributed by atoms with Gasteiger partial charge in [0.15, 0.2) is 0 Å². The Bertz CT molecular complexity index is 342. The molecule has 0 amide bonds. The molecule has 2 N–H and O–H groups in total. The molecule has 4 heteroatoms. The molecule has 0 saturated heterocycles. The van der Waals surface area contributed by atoms with Gasteiger partial charge >= 0.3 is 0 Å². The van der Waals surface area contributed by atoms with E-state index in [9.17, 15) is 5.11 Å². The van der Waals surface area contributed by atoms with Crippen molar-refractivity contribution in [3.63, 3.8) is 0 Å². The number of nitrogens with one attached hydrogen (secondary N) is 1. The Morgan fingerprint density at radius 3 is 2.88 bits per heavy atom. The van der Waals surface area contributed by atoms with E-state index in [1.54, 1.807) is 7.11 Å². The van der Waals surface area contributed by atoms with E-state index in [-0.39, 0.29) is 0 Å².